The zero-order chi connectivity index (χ0) is 34.0. The van der Waals surface area contributed by atoms with Crippen LogP contribution < -0.4 is 0 Å². The summed E-state index contributed by atoms with van der Waals surface area (Å²) < 4.78 is 0. The number of aryl methyl sites for hydroxylation is 2. The van der Waals surface area contributed by atoms with E-state index in [0.717, 1.165) is 18.4 Å². The van der Waals surface area contributed by atoms with Crippen LogP contribution in [-0.4, -0.2) is 8.07 Å². The van der Waals surface area contributed by atoms with E-state index < -0.39 is 8.07 Å². The lowest BCUT2D eigenvalue weighted by Gasteiger charge is -2.41. The molecule has 4 aromatic carbocycles. The molecule has 0 unspecified atom stereocenters. The first kappa shape index (κ1) is 33.1. The minimum Gasteiger partial charge on any atom is -0.0709 e. The highest BCUT2D eigenvalue weighted by Crippen LogP contribution is 2.52. The van der Waals surface area contributed by atoms with Gasteiger partial charge in [0.05, 0.1) is 0 Å². The second-order valence-electron chi connectivity index (χ2n) is 17.5. The summed E-state index contributed by atoms with van der Waals surface area (Å²) in [7, 11) is -2.00. The maximum atomic E-state index is 2.77. The molecular weight excluding hydrogens is 593 g/mol. The van der Waals surface area contributed by atoms with Crippen molar-refractivity contribution in [3.63, 3.8) is 0 Å². The van der Waals surface area contributed by atoms with Crippen molar-refractivity contribution in [2.45, 2.75) is 123 Å². The second-order valence-corrected chi connectivity index (χ2v) is 22.1. The molecule has 248 valence electrons. The highest BCUT2D eigenvalue weighted by Gasteiger charge is 2.46. The van der Waals surface area contributed by atoms with E-state index in [9.17, 15) is 0 Å². The molecule has 0 saturated heterocycles. The Balaban J connectivity index is 1.31. The van der Waals surface area contributed by atoms with Crippen molar-refractivity contribution in [1.82, 2.24) is 0 Å². The van der Waals surface area contributed by atoms with E-state index in [1.165, 1.54) is 98.9 Å². The predicted octanol–water partition coefficient (Wildman–Crippen LogP) is 13.3. The number of allylic oxidation sites excluding steroid dienone is 2. The van der Waals surface area contributed by atoms with Crippen LogP contribution in [0.5, 0.6) is 0 Å². The van der Waals surface area contributed by atoms with Crippen molar-refractivity contribution in [3.05, 3.63) is 128 Å². The van der Waals surface area contributed by atoms with Gasteiger partial charge in [0.15, 0.2) is 0 Å². The van der Waals surface area contributed by atoms with Gasteiger partial charge in [0.1, 0.15) is 8.07 Å². The molecule has 1 fully saturated rings. The average Bonchev–Trinajstić information content (AvgIpc) is 3.70. The number of benzene rings is 4. The molecule has 0 N–H and O–H groups in total. The Hall–Kier alpha value is -3.42. The third kappa shape index (κ3) is 5.81. The van der Waals surface area contributed by atoms with E-state index in [-0.39, 0.29) is 10.8 Å². The largest absolute Gasteiger partial charge is 0.109 e. The maximum Gasteiger partial charge on any atom is 0.109 e. The molecule has 0 amide bonds. The van der Waals surface area contributed by atoms with E-state index in [0.29, 0.717) is 0 Å². The molecule has 1 heteroatoms. The van der Waals surface area contributed by atoms with Gasteiger partial charge in [0.25, 0.3) is 0 Å². The number of rotatable bonds is 5. The molecule has 1 saturated carbocycles. The summed E-state index contributed by atoms with van der Waals surface area (Å²) in [4.78, 5) is 0. The molecular formula is C47H56Si. The number of hydrogen-bond acceptors (Lipinski definition) is 0. The second kappa shape index (κ2) is 12.2. The van der Waals surface area contributed by atoms with E-state index in [4.69, 9.17) is 0 Å². The smallest absolute Gasteiger partial charge is 0.0709 e. The van der Waals surface area contributed by atoms with Crippen LogP contribution in [0.25, 0.3) is 34.4 Å². The lowest BCUT2D eigenvalue weighted by atomic mass is 9.84. The molecule has 0 atom stereocenters. The molecule has 0 heterocycles. The van der Waals surface area contributed by atoms with Gasteiger partial charge < -0.3 is 0 Å². The quantitative estimate of drug-likeness (QED) is 0.189. The third-order valence-electron chi connectivity index (χ3n) is 12.3. The Morgan fingerprint density at radius 2 is 0.979 bits per heavy atom. The fraction of sp³-hybridized carbons (Fsp3) is 0.404. The summed E-state index contributed by atoms with van der Waals surface area (Å²) in [5.41, 5.74) is 18.4. The highest BCUT2D eigenvalue weighted by atomic mass is 28.3. The van der Waals surface area contributed by atoms with Gasteiger partial charge in [0.2, 0.25) is 0 Å². The summed E-state index contributed by atoms with van der Waals surface area (Å²) in [6.45, 7) is 21.3. The monoisotopic (exact) mass is 648 g/mol. The van der Waals surface area contributed by atoms with Crippen molar-refractivity contribution in [2.24, 2.45) is 0 Å². The Kier molecular flexibility index (Phi) is 8.39. The van der Waals surface area contributed by atoms with Crippen molar-refractivity contribution >= 4 is 20.2 Å². The molecule has 0 aromatic heterocycles. The minimum absolute atomic E-state index is 0.156. The summed E-state index contributed by atoms with van der Waals surface area (Å²) in [5.74, 6) is 0. The molecule has 3 aliphatic carbocycles. The van der Waals surface area contributed by atoms with Crippen molar-refractivity contribution in [2.75, 3.05) is 0 Å². The highest BCUT2D eigenvalue weighted by molar-refractivity contribution is 6.94. The zero-order valence-corrected chi connectivity index (χ0v) is 32.1. The molecule has 7 rings (SSSR count). The van der Waals surface area contributed by atoms with E-state index >= 15 is 0 Å². The predicted molar refractivity (Wildman–Crippen MR) is 212 cm³/mol. The Labute approximate surface area is 292 Å². The summed E-state index contributed by atoms with van der Waals surface area (Å²) in [6.07, 6.45) is 14.6. The van der Waals surface area contributed by atoms with Crippen LogP contribution in [0.4, 0.5) is 0 Å². The van der Waals surface area contributed by atoms with Crippen LogP contribution in [0.1, 0.15) is 118 Å². The minimum atomic E-state index is -2.00. The first-order chi connectivity index (χ1) is 22.7. The SMILES string of the molecule is Cc1cc(C(C)(C)C)ccc1-c1cccc2c1C=C([Si](C)(C1=Cc3c(cccc3-c3ccc(C(C)(C)C)cc3C)C1)C1CCCCC1)C2. The standard InChI is InChI=1S/C47H56Si/c1-31-25-35(46(3,4)5)21-23-40(31)42-19-13-15-33-27-38(29-44(33)42)48(9,37-17-11-10-12-18-37)39-28-34-16-14-20-43(45(34)30-39)41-24-22-36(26-32(41)2)47(6,7)8/h13-16,19-26,29-30,37H,10-12,17-18,27-28H2,1-9H3. The van der Waals surface area contributed by atoms with Gasteiger partial charge >= 0.3 is 0 Å². The van der Waals surface area contributed by atoms with Gasteiger partial charge in [-0.05, 0) is 110 Å². The van der Waals surface area contributed by atoms with Crippen LogP contribution in [0.2, 0.25) is 12.1 Å². The fourth-order valence-corrected chi connectivity index (χ4v) is 14.2. The molecule has 0 bridgehead atoms. The van der Waals surface area contributed by atoms with Crippen LogP contribution in [0.15, 0.2) is 83.2 Å². The molecule has 48 heavy (non-hydrogen) atoms. The van der Waals surface area contributed by atoms with Crippen LogP contribution in [0, 0.1) is 13.8 Å². The summed E-state index contributed by atoms with van der Waals surface area (Å²) >= 11 is 0. The van der Waals surface area contributed by atoms with Gasteiger partial charge in [-0.1, -0.05) is 176 Å². The molecule has 3 aliphatic rings. The Bertz CT molecular complexity index is 1810. The number of hydrogen-bond donors (Lipinski definition) is 0. The van der Waals surface area contributed by atoms with Crippen LogP contribution in [-0.2, 0) is 23.7 Å². The van der Waals surface area contributed by atoms with Crippen molar-refractivity contribution in [3.8, 4) is 22.3 Å². The lowest BCUT2D eigenvalue weighted by molar-refractivity contribution is 0.493. The van der Waals surface area contributed by atoms with E-state index in [2.05, 4.69) is 147 Å². The van der Waals surface area contributed by atoms with Crippen LogP contribution >= 0.6 is 0 Å². The summed E-state index contributed by atoms with van der Waals surface area (Å²) in [6, 6.07) is 28.5. The van der Waals surface area contributed by atoms with E-state index in [1.54, 1.807) is 10.4 Å². The first-order valence-electron chi connectivity index (χ1n) is 18.6. The zero-order valence-electron chi connectivity index (χ0n) is 31.1. The van der Waals surface area contributed by atoms with Gasteiger partial charge in [-0.15, -0.1) is 0 Å². The van der Waals surface area contributed by atoms with Crippen molar-refractivity contribution < 1.29 is 0 Å². The lowest BCUT2D eigenvalue weighted by Crippen LogP contribution is -2.43. The topological polar surface area (TPSA) is 0 Å². The number of fused-ring (bicyclic) bond motifs is 2. The third-order valence-corrected chi connectivity index (χ3v) is 17.8. The molecule has 0 spiro atoms. The van der Waals surface area contributed by atoms with Gasteiger partial charge in [0, 0.05) is 0 Å². The van der Waals surface area contributed by atoms with Gasteiger partial charge in [-0.25, -0.2) is 0 Å². The molecule has 0 radical (unpaired) electrons. The van der Waals surface area contributed by atoms with Crippen molar-refractivity contribution in [1.29, 1.82) is 0 Å². The molecule has 0 aliphatic heterocycles. The Morgan fingerprint density at radius 1 is 0.542 bits per heavy atom. The molecule has 4 aromatic rings. The maximum absolute atomic E-state index is 2.77. The van der Waals surface area contributed by atoms with E-state index in [1.807, 2.05) is 0 Å². The normalized spacial score (nSPS) is 16.9. The fourth-order valence-electron chi connectivity index (χ4n) is 9.15. The van der Waals surface area contributed by atoms with Gasteiger partial charge in [-0.3, -0.25) is 0 Å². The van der Waals surface area contributed by atoms with Gasteiger partial charge in [-0.2, -0.15) is 0 Å². The molecule has 0 nitrogen and oxygen atoms in total. The Morgan fingerprint density at radius 3 is 1.38 bits per heavy atom. The van der Waals surface area contributed by atoms with Crippen LogP contribution in [0.3, 0.4) is 0 Å². The average molecular weight is 649 g/mol. The summed E-state index contributed by atoms with van der Waals surface area (Å²) in [5, 5.41) is 3.54. The first-order valence-corrected chi connectivity index (χ1v) is 21.2.